The number of aryl methyl sites for hydroxylation is 2. The van der Waals surface area contributed by atoms with E-state index in [-0.39, 0.29) is 5.97 Å². The second kappa shape index (κ2) is 11.1. The third-order valence-corrected chi connectivity index (χ3v) is 6.34. The van der Waals surface area contributed by atoms with E-state index < -0.39 is 0 Å². The molecule has 0 radical (unpaired) electrons. The summed E-state index contributed by atoms with van der Waals surface area (Å²) in [4.78, 5) is 17.2. The molecule has 0 fully saturated rings. The number of hydrogen-bond acceptors (Lipinski definition) is 3. The number of rotatable bonds is 7. The van der Waals surface area contributed by atoms with E-state index >= 15 is 0 Å². The molecule has 4 nitrogen and oxygen atoms in total. The van der Waals surface area contributed by atoms with Gasteiger partial charge in [0.25, 0.3) is 0 Å². The summed E-state index contributed by atoms with van der Waals surface area (Å²) in [7, 11) is 0. The van der Waals surface area contributed by atoms with E-state index in [9.17, 15) is 4.79 Å². The van der Waals surface area contributed by atoms with Crippen molar-refractivity contribution in [3.63, 3.8) is 0 Å². The number of aliphatic imine (C=N–C) groups is 1. The fourth-order valence-corrected chi connectivity index (χ4v) is 4.74. The lowest BCUT2D eigenvalue weighted by Gasteiger charge is -2.15. The Kier molecular flexibility index (Phi) is 7.32. The Balaban J connectivity index is 1.72. The van der Waals surface area contributed by atoms with Crippen LogP contribution >= 0.6 is 0 Å². The molecule has 0 atom stereocenters. The zero-order chi connectivity index (χ0) is 26.5. The second-order valence-electron chi connectivity index (χ2n) is 9.27. The summed E-state index contributed by atoms with van der Waals surface area (Å²) in [5.41, 5.74) is 10.0. The molecular formula is C34H30N2O2. The first-order valence-electron chi connectivity index (χ1n) is 12.8. The predicted molar refractivity (Wildman–Crippen MR) is 156 cm³/mol. The van der Waals surface area contributed by atoms with Gasteiger partial charge in [-0.05, 0) is 85.5 Å². The smallest absolute Gasteiger partial charge is 0.338 e. The van der Waals surface area contributed by atoms with E-state index in [1.165, 1.54) is 11.1 Å². The number of benzene rings is 4. The number of hydrogen-bond donors (Lipinski definition) is 0. The maximum absolute atomic E-state index is 12.3. The summed E-state index contributed by atoms with van der Waals surface area (Å²) in [5.74, 6) is -0.320. The second-order valence-corrected chi connectivity index (χ2v) is 9.27. The van der Waals surface area contributed by atoms with Gasteiger partial charge in [0.1, 0.15) is 0 Å². The highest BCUT2D eigenvalue weighted by Gasteiger charge is 2.19. The first-order chi connectivity index (χ1) is 18.5. The summed E-state index contributed by atoms with van der Waals surface area (Å²) in [6, 6.07) is 36.8. The molecule has 0 amide bonds. The maximum atomic E-state index is 12.3. The van der Waals surface area contributed by atoms with Gasteiger partial charge in [0, 0.05) is 17.5 Å². The van der Waals surface area contributed by atoms with Crippen molar-refractivity contribution < 1.29 is 9.53 Å². The summed E-state index contributed by atoms with van der Waals surface area (Å²) in [5, 5.41) is 0. The highest BCUT2D eigenvalue weighted by molar-refractivity contribution is 5.95. The highest BCUT2D eigenvalue weighted by Crippen LogP contribution is 2.36. The Hall–Kier alpha value is -4.70. The quantitative estimate of drug-likeness (QED) is 0.167. The number of aromatic nitrogens is 1. The van der Waals surface area contributed by atoms with E-state index in [2.05, 4.69) is 66.9 Å². The lowest BCUT2D eigenvalue weighted by Crippen LogP contribution is -2.05. The highest BCUT2D eigenvalue weighted by atomic mass is 16.5. The average molecular weight is 499 g/mol. The molecule has 0 N–H and O–H groups in total. The molecule has 0 bridgehead atoms. The Bertz CT molecular complexity index is 1560. The first-order valence-corrected chi connectivity index (χ1v) is 12.8. The lowest BCUT2D eigenvalue weighted by atomic mass is 10.1. The van der Waals surface area contributed by atoms with Gasteiger partial charge in [-0.15, -0.1) is 0 Å². The minimum atomic E-state index is -0.320. The molecular weight excluding hydrogens is 468 g/mol. The van der Waals surface area contributed by atoms with Gasteiger partial charge in [-0.25, -0.2) is 4.79 Å². The molecule has 1 heterocycles. The van der Waals surface area contributed by atoms with E-state index in [0.717, 1.165) is 39.5 Å². The molecule has 5 rings (SSSR count). The van der Waals surface area contributed by atoms with Gasteiger partial charge in [-0.2, -0.15) is 0 Å². The zero-order valence-electron chi connectivity index (χ0n) is 21.9. The molecule has 38 heavy (non-hydrogen) atoms. The Morgan fingerprint density at radius 1 is 0.789 bits per heavy atom. The van der Waals surface area contributed by atoms with Crippen molar-refractivity contribution in [3.05, 3.63) is 131 Å². The van der Waals surface area contributed by atoms with Gasteiger partial charge < -0.3 is 9.30 Å². The molecule has 0 aliphatic heterocycles. The number of carbonyl (C=O) groups is 1. The average Bonchev–Trinajstić information content (AvgIpc) is 3.32. The minimum Gasteiger partial charge on any atom is -0.462 e. The molecule has 5 aromatic rings. The molecule has 4 heteroatoms. The van der Waals surface area contributed by atoms with Crippen LogP contribution in [0.25, 0.3) is 28.2 Å². The van der Waals surface area contributed by atoms with Crippen molar-refractivity contribution in [1.82, 2.24) is 4.57 Å². The number of ether oxygens (including phenoxy) is 1. The van der Waals surface area contributed by atoms with E-state index in [4.69, 9.17) is 9.73 Å². The minimum absolute atomic E-state index is 0.320. The number of carbonyl (C=O) groups excluding carboxylic acids is 1. The Labute approximate surface area is 223 Å². The van der Waals surface area contributed by atoms with Crippen LogP contribution in [0.4, 0.5) is 5.69 Å². The fraction of sp³-hybridized carbons (Fsp3) is 0.118. The molecule has 188 valence electrons. The van der Waals surface area contributed by atoms with Gasteiger partial charge in [0.05, 0.1) is 29.2 Å². The van der Waals surface area contributed by atoms with E-state index in [1.54, 1.807) is 0 Å². The van der Waals surface area contributed by atoms with Crippen LogP contribution in [0.2, 0.25) is 0 Å². The van der Waals surface area contributed by atoms with Crippen LogP contribution in [0.15, 0.2) is 114 Å². The normalized spacial score (nSPS) is 11.1. The third-order valence-electron chi connectivity index (χ3n) is 6.34. The molecule has 0 saturated heterocycles. The fourth-order valence-electron chi connectivity index (χ4n) is 4.74. The van der Waals surface area contributed by atoms with Crippen LogP contribution in [0.1, 0.15) is 34.0 Å². The monoisotopic (exact) mass is 498 g/mol. The number of esters is 1. The molecule has 0 aliphatic carbocycles. The van der Waals surface area contributed by atoms with Crippen LogP contribution in [0.3, 0.4) is 0 Å². The van der Waals surface area contributed by atoms with Gasteiger partial charge in [-0.3, -0.25) is 4.99 Å². The standard InChI is InChI=1S/C34H30N2O2/c1-4-38-34(37)28-15-17-31(18-16-28)36-32(26-11-7-5-8-12-26)22-29(33(36)27-13-9-6-10-14-27)23-35-30-20-24(2)19-25(3)21-30/h5-23H,4H2,1-3H3. The molecule has 1 aromatic heterocycles. The Morgan fingerprint density at radius 2 is 1.39 bits per heavy atom. The predicted octanol–water partition coefficient (Wildman–Crippen LogP) is 8.36. The third kappa shape index (κ3) is 5.35. The van der Waals surface area contributed by atoms with E-state index in [1.807, 2.05) is 73.8 Å². The zero-order valence-corrected chi connectivity index (χ0v) is 21.9. The SMILES string of the molecule is CCOC(=O)c1ccc(-n2c(-c3ccccc3)cc(C=Nc3cc(C)cc(C)c3)c2-c2ccccc2)cc1. The van der Waals surface area contributed by atoms with Gasteiger partial charge in [0.2, 0.25) is 0 Å². The lowest BCUT2D eigenvalue weighted by molar-refractivity contribution is 0.0526. The molecule has 0 aliphatic rings. The van der Waals surface area contributed by atoms with Crippen LogP contribution in [0, 0.1) is 13.8 Å². The van der Waals surface area contributed by atoms with Crippen molar-refractivity contribution >= 4 is 17.9 Å². The molecule has 0 unspecified atom stereocenters. The van der Waals surface area contributed by atoms with E-state index in [0.29, 0.717) is 12.2 Å². The first kappa shape index (κ1) is 25.0. The summed E-state index contributed by atoms with van der Waals surface area (Å²) in [6.45, 7) is 6.33. The topological polar surface area (TPSA) is 43.6 Å². The molecule has 0 spiro atoms. The Morgan fingerprint density at radius 3 is 2.00 bits per heavy atom. The van der Waals surface area contributed by atoms with Crippen molar-refractivity contribution in [2.45, 2.75) is 20.8 Å². The van der Waals surface area contributed by atoms with Crippen LogP contribution < -0.4 is 0 Å². The number of nitrogens with zero attached hydrogens (tertiary/aromatic N) is 2. The van der Waals surface area contributed by atoms with Gasteiger partial charge in [-0.1, -0.05) is 66.7 Å². The summed E-state index contributed by atoms with van der Waals surface area (Å²) < 4.78 is 7.43. The maximum Gasteiger partial charge on any atom is 0.338 e. The largest absolute Gasteiger partial charge is 0.462 e. The van der Waals surface area contributed by atoms with Crippen molar-refractivity contribution in [3.8, 4) is 28.2 Å². The summed E-state index contributed by atoms with van der Waals surface area (Å²) >= 11 is 0. The van der Waals surface area contributed by atoms with Crippen molar-refractivity contribution in [2.75, 3.05) is 6.61 Å². The van der Waals surface area contributed by atoms with Gasteiger partial charge in [0.15, 0.2) is 0 Å². The molecule has 4 aromatic carbocycles. The van der Waals surface area contributed by atoms with Crippen LogP contribution in [0.5, 0.6) is 0 Å². The molecule has 0 saturated carbocycles. The van der Waals surface area contributed by atoms with Crippen molar-refractivity contribution in [2.24, 2.45) is 4.99 Å². The van der Waals surface area contributed by atoms with Crippen molar-refractivity contribution in [1.29, 1.82) is 0 Å². The summed E-state index contributed by atoms with van der Waals surface area (Å²) in [6.07, 6.45) is 1.95. The van der Waals surface area contributed by atoms with Crippen LogP contribution in [-0.4, -0.2) is 23.4 Å². The van der Waals surface area contributed by atoms with Gasteiger partial charge >= 0.3 is 5.97 Å². The van der Waals surface area contributed by atoms with Crippen LogP contribution in [-0.2, 0) is 4.74 Å².